The van der Waals surface area contributed by atoms with Crippen molar-refractivity contribution in [3.05, 3.63) is 59.7 Å². The lowest BCUT2D eigenvalue weighted by Gasteiger charge is -2.32. The van der Waals surface area contributed by atoms with E-state index in [9.17, 15) is 9.59 Å². The highest BCUT2D eigenvalue weighted by atomic mass is 16.6. The highest BCUT2D eigenvalue weighted by Crippen LogP contribution is 2.32. The van der Waals surface area contributed by atoms with Crippen molar-refractivity contribution in [2.45, 2.75) is 181 Å². The van der Waals surface area contributed by atoms with Crippen molar-refractivity contribution in [2.75, 3.05) is 13.2 Å². The van der Waals surface area contributed by atoms with Crippen LogP contribution in [0.25, 0.3) is 0 Å². The number of hydrogen-bond acceptors (Lipinski definition) is 6. The number of nitrogens with one attached hydrogen (secondary N) is 2. The first-order chi connectivity index (χ1) is 24.8. The lowest BCUT2D eigenvalue weighted by atomic mass is 9.93. The number of rotatable bonds is 25. The number of benzene rings is 2. The van der Waals surface area contributed by atoms with E-state index in [1.54, 1.807) is 0 Å². The van der Waals surface area contributed by atoms with E-state index < -0.39 is 35.5 Å². The van der Waals surface area contributed by atoms with Crippen molar-refractivity contribution >= 4 is 12.2 Å². The van der Waals surface area contributed by atoms with Crippen molar-refractivity contribution in [1.29, 1.82) is 0 Å². The van der Waals surface area contributed by atoms with Crippen molar-refractivity contribution < 1.29 is 28.5 Å². The minimum Gasteiger partial charge on any atom is -0.494 e. The molecule has 2 rings (SSSR count). The largest absolute Gasteiger partial charge is 0.494 e. The van der Waals surface area contributed by atoms with Crippen LogP contribution in [0.5, 0.6) is 11.5 Å². The number of alkyl carbamates (subject to hydrolysis) is 2. The van der Waals surface area contributed by atoms with Gasteiger partial charge in [0.25, 0.3) is 0 Å². The number of hydrogen-bond donors (Lipinski definition) is 2. The van der Waals surface area contributed by atoms with Gasteiger partial charge in [-0.1, -0.05) is 128 Å². The van der Waals surface area contributed by atoms with Crippen LogP contribution in [0, 0.1) is 0 Å². The fourth-order valence-electron chi connectivity index (χ4n) is 5.98. The van der Waals surface area contributed by atoms with Gasteiger partial charge in [-0.2, -0.15) is 0 Å². The SMILES string of the molecule is CCCCCCCCCCOc1ccc([C@H](NC(=O)OC(C)(C)C)[C@@H](NC(=O)OC(C)(C)C)c2ccc(OCCCCCCCCCC)cc2)cc1. The van der Waals surface area contributed by atoms with Gasteiger partial charge in [0.05, 0.1) is 25.3 Å². The molecule has 0 aliphatic carbocycles. The molecule has 294 valence electrons. The van der Waals surface area contributed by atoms with E-state index in [2.05, 4.69) is 24.5 Å². The third kappa shape index (κ3) is 20.6. The molecule has 2 atom stereocenters. The summed E-state index contributed by atoms with van der Waals surface area (Å²) in [4.78, 5) is 26.5. The van der Waals surface area contributed by atoms with E-state index in [1.165, 1.54) is 77.0 Å². The Bertz CT molecular complexity index is 1140. The Morgan fingerprint density at radius 1 is 0.481 bits per heavy atom. The number of carbonyl (C=O) groups excluding carboxylic acids is 2. The Morgan fingerprint density at radius 2 is 0.769 bits per heavy atom. The summed E-state index contributed by atoms with van der Waals surface area (Å²) in [5, 5.41) is 6.08. The van der Waals surface area contributed by atoms with Gasteiger partial charge in [-0.25, -0.2) is 9.59 Å². The molecule has 0 heterocycles. The Hall–Kier alpha value is -3.42. The first kappa shape index (κ1) is 44.7. The van der Waals surface area contributed by atoms with Gasteiger partial charge < -0.3 is 29.6 Å². The second kappa shape index (κ2) is 24.8. The zero-order valence-corrected chi connectivity index (χ0v) is 34.0. The molecule has 8 nitrogen and oxygen atoms in total. The van der Waals surface area contributed by atoms with Crippen LogP contribution >= 0.6 is 0 Å². The Labute approximate surface area is 316 Å². The minimum atomic E-state index is -0.704. The van der Waals surface area contributed by atoms with Gasteiger partial charge >= 0.3 is 12.2 Å². The molecule has 0 aromatic heterocycles. The van der Waals surface area contributed by atoms with Crippen LogP contribution in [-0.4, -0.2) is 36.6 Å². The zero-order chi connectivity index (χ0) is 38.2. The minimum absolute atomic E-state index is 0.589. The Kier molecular flexibility index (Phi) is 21.3. The maximum Gasteiger partial charge on any atom is 0.408 e. The molecule has 0 bridgehead atoms. The van der Waals surface area contributed by atoms with Crippen molar-refractivity contribution in [1.82, 2.24) is 10.6 Å². The summed E-state index contributed by atoms with van der Waals surface area (Å²) >= 11 is 0. The smallest absolute Gasteiger partial charge is 0.408 e. The van der Waals surface area contributed by atoms with Crippen molar-refractivity contribution in [3.8, 4) is 11.5 Å². The van der Waals surface area contributed by atoms with Crippen LogP contribution in [0.15, 0.2) is 48.5 Å². The molecule has 2 N–H and O–H groups in total. The molecule has 0 saturated carbocycles. The number of amides is 2. The zero-order valence-electron chi connectivity index (χ0n) is 34.0. The summed E-state index contributed by atoms with van der Waals surface area (Å²) < 4.78 is 23.5. The fraction of sp³-hybridized carbons (Fsp3) is 0.682. The predicted octanol–water partition coefficient (Wildman–Crippen LogP) is 12.6. The first-order valence-electron chi connectivity index (χ1n) is 20.3. The third-order valence-electron chi connectivity index (χ3n) is 8.69. The summed E-state index contributed by atoms with van der Waals surface area (Å²) in [6, 6.07) is 14.0. The lowest BCUT2D eigenvalue weighted by Crippen LogP contribution is -2.44. The maximum absolute atomic E-state index is 13.3. The van der Waals surface area contributed by atoms with E-state index in [4.69, 9.17) is 18.9 Å². The average Bonchev–Trinajstić information content (AvgIpc) is 3.07. The molecule has 0 aliphatic heterocycles. The van der Waals surface area contributed by atoms with E-state index in [0.717, 1.165) is 48.3 Å². The summed E-state index contributed by atoms with van der Waals surface area (Å²) in [6.07, 6.45) is 18.7. The molecule has 52 heavy (non-hydrogen) atoms. The molecular formula is C44H72N2O6. The fourth-order valence-corrected chi connectivity index (χ4v) is 5.98. The molecule has 8 heteroatoms. The molecule has 0 radical (unpaired) electrons. The van der Waals surface area contributed by atoms with Crippen LogP contribution in [0.3, 0.4) is 0 Å². The highest BCUT2D eigenvalue weighted by Gasteiger charge is 2.31. The van der Waals surface area contributed by atoms with Crippen LogP contribution in [0.4, 0.5) is 9.59 Å². The standard InChI is InChI=1S/C44H72N2O6/c1-9-11-13-15-17-19-21-23-33-49-37-29-25-35(26-30-37)39(45-41(47)51-43(3,4)5)40(46-42(48)52-44(6,7)8)36-27-31-38(32-28-36)50-34-24-22-20-18-16-14-12-10-2/h25-32,39-40H,9-24,33-34H2,1-8H3,(H,45,47)(H,46,48)/t39-,40-/m0/s1. The molecule has 2 aromatic rings. The molecule has 0 spiro atoms. The summed E-state index contributed by atoms with van der Waals surface area (Å²) in [5.74, 6) is 1.52. The average molecular weight is 725 g/mol. The molecule has 0 aliphatic rings. The first-order valence-corrected chi connectivity index (χ1v) is 20.3. The molecule has 0 saturated heterocycles. The third-order valence-corrected chi connectivity index (χ3v) is 8.69. The highest BCUT2D eigenvalue weighted by molar-refractivity contribution is 5.71. The Morgan fingerprint density at radius 3 is 1.06 bits per heavy atom. The van der Waals surface area contributed by atoms with Crippen molar-refractivity contribution in [3.63, 3.8) is 0 Å². The normalized spacial score (nSPS) is 12.8. The van der Waals surface area contributed by atoms with Gasteiger partial charge in [0.1, 0.15) is 22.7 Å². The second-order valence-corrected chi connectivity index (χ2v) is 16.0. The van der Waals surface area contributed by atoms with Crippen LogP contribution in [0.2, 0.25) is 0 Å². The van der Waals surface area contributed by atoms with E-state index in [1.807, 2.05) is 90.1 Å². The van der Waals surface area contributed by atoms with Gasteiger partial charge in [-0.3, -0.25) is 0 Å². The van der Waals surface area contributed by atoms with Crippen LogP contribution in [0.1, 0.15) is 181 Å². The second-order valence-electron chi connectivity index (χ2n) is 16.0. The monoisotopic (exact) mass is 725 g/mol. The van der Waals surface area contributed by atoms with Gasteiger partial charge in [0.2, 0.25) is 0 Å². The maximum atomic E-state index is 13.3. The summed E-state index contributed by atoms with van der Waals surface area (Å²) in [7, 11) is 0. The Balaban J connectivity index is 2.19. The summed E-state index contributed by atoms with van der Waals surface area (Å²) in [6.45, 7) is 16.7. The van der Waals surface area contributed by atoms with E-state index in [0.29, 0.717) is 13.2 Å². The molecular weight excluding hydrogens is 652 g/mol. The van der Waals surface area contributed by atoms with Crippen molar-refractivity contribution in [2.24, 2.45) is 0 Å². The van der Waals surface area contributed by atoms with Gasteiger partial charge in [-0.15, -0.1) is 0 Å². The molecule has 2 aromatic carbocycles. The molecule has 0 fully saturated rings. The number of carbonyl (C=O) groups is 2. The van der Waals surface area contributed by atoms with Crippen LogP contribution in [-0.2, 0) is 9.47 Å². The predicted molar refractivity (Wildman–Crippen MR) is 213 cm³/mol. The quantitative estimate of drug-likeness (QED) is 0.0990. The topological polar surface area (TPSA) is 95.1 Å². The van der Waals surface area contributed by atoms with Gasteiger partial charge in [-0.05, 0) is 89.8 Å². The van der Waals surface area contributed by atoms with E-state index in [-0.39, 0.29) is 0 Å². The molecule has 2 amide bonds. The van der Waals surface area contributed by atoms with Gasteiger partial charge in [0.15, 0.2) is 0 Å². The molecule has 0 unspecified atom stereocenters. The summed E-state index contributed by atoms with van der Waals surface area (Å²) in [5.41, 5.74) is 0.149. The van der Waals surface area contributed by atoms with Gasteiger partial charge in [0, 0.05) is 0 Å². The van der Waals surface area contributed by atoms with Crippen LogP contribution < -0.4 is 20.1 Å². The number of unbranched alkanes of at least 4 members (excludes halogenated alkanes) is 14. The van der Waals surface area contributed by atoms with E-state index >= 15 is 0 Å². The number of ether oxygens (including phenoxy) is 4. The lowest BCUT2D eigenvalue weighted by molar-refractivity contribution is 0.0427.